The summed E-state index contributed by atoms with van der Waals surface area (Å²) in [5.41, 5.74) is -0.117. The van der Waals surface area contributed by atoms with Crippen LogP contribution in [0.2, 0.25) is 5.28 Å². The first-order valence-electron chi connectivity index (χ1n) is 13.5. The fraction of sp³-hybridized carbons (Fsp3) is 0.0333. The summed E-state index contributed by atoms with van der Waals surface area (Å²) in [6.45, 7) is 0. The highest BCUT2D eigenvalue weighted by Gasteiger charge is 2.25. The fourth-order valence-corrected chi connectivity index (χ4v) is 6.57. The van der Waals surface area contributed by atoms with Gasteiger partial charge >= 0.3 is 0 Å². The molecule has 0 radical (unpaired) electrons. The van der Waals surface area contributed by atoms with E-state index in [1.807, 2.05) is 30.3 Å². The van der Waals surface area contributed by atoms with E-state index in [4.69, 9.17) is 11.6 Å². The number of nitrogens with one attached hydrogen (secondary N) is 1. The number of anilines is 4. The highest BCUT2D eigenvalue weighted by molar-refractivity contribution is 7.86. The largest absolute Gasteiger partial charge is 0.505 e. The summed E-state index contributed by atoms with van der Waals surface area (Å²) in [7, 11) is -8.12. The molecule has 6 rings (SSSR count). The van der Waals surface area contributed by atoms with Gasteiger partial charge in [-0.2, -0.15) is 31.8 Å². The molecule has 6 aromatic rings. The van der Waals surface area contributed by atoms with Gasteiger partial charge in [0.05, 0.1) is 5.69 Å². The number of hydrogen-bond acceptors (Lipinski definition) is 12. The summed E-state index contributed by atoms with van der Waals surface area (Å²) in [4.78, 5) is 13.0. The molecule has 0 bridgehead atoms. The van der Waals surface area contributed by atoms with Crippen LogP contribution in [0, 0.1) is 0 Å². The predicted octanol–water partition coefficient (Wildman–Crippen LogP) is 6.96. The average molecular weight is 692 g/mol. The second kappa shape index (κ2) is 12.2. The van der Waals surface area contributed by atoms with Crippen molar-refractivity contribution < 1.29 is 31.0 Å². The third-order valence-corrected chi connectivity index (χ3v) is 9.00. The predicted molar refractivity (Wildman–Crippen MR) is 176 cm³/mol. The van der Waals surface area contributed by atoms with Crippen molar-refractivity contribution in [1.29, 1.82) is 0 Å². The van der Waals surface area contributed by atoms with Gasteiger partial charge in [0.15, 0.2) is 5.75 Å². The fourth-order valence-electron chi connectivity index (χ4n) is 4.92. The van der Waals surface area contributed by atoms with E-state index in [1.165, 1.54) is 30.3 Å². The molecule has 0 aliphatic heterocycles. The number of fused-ring (bicyclic) bond motifs is 2. The van der Waals surface area contributed by atoms with Gasteiger partial charge in [-0.1, -0.05) is 60.7 Å². The van der Waals surface area contributed by atoms with Crippen molar-refractivity contribution >= 4 is 88.0 Å². The number of hydrogen-bond donors (Lipinski definition) is 4. The Labute approximate surface area is 272 Å². The number of para-hydroxylation sites is 1. The van der Waals surface area contributed by atoms with Gasteiger partial charge in [-0.3, -0.25) is 9.11 Å². The van der Waals surface area contributed by atoms with Crippen molar-refractivity contribution in [2.24, 2.45) is 10.2 Å². The molecule has 5 aromatic carbocycles. The molecule has 17 heteroatoms. The number of rotatable bonds is 8. The minimum atomic E-state index is -5.00. The Morgan fingerprint density at radius 1 is 0.787 bits per heavy atom. The average Bonchev–Trinajstić information content (AvgIpc) is 3.02. The van der Waals surface area contributed by atoms with Gasteiger partial charge in [0.25, 0.3) is 20.2 Å². The molecule has 0 aliphatic rings. The first-order valence-corrected chi connectivity index (χ1v) is 16.7. The van der Waals surface area contributed by atoms with Gasteiger partial charge in [0.1, 0.15) is 21.2 Å². The van der Waals surface area contributed by atoms with Crippen LogP contribution in [0.1, 0.15) is 0 Å². The van der Waals surface area contributed by atoms with E-state index in [-0.39, 0.29) is 44.7 Å². The molecular formula is C30H22ClN7O7S2. The van der Waals surface area contributed by atoms with Gasteiger partial charge < -0.3 is 15.3 Å². The number of nitrogens with zero attached hydrogens (tertiary/aromatic N) is 6. The molecule has 0 aliphatic carbocycles. The third-order valence-electron chi connectivity index (χ3n) is 7.02. The Kier molecular flexibility index (Phi) is 8.20. The number of phenols is 1. The van der Waals surface area contributed by atoms with Crippen molar-refractivity contribution in [3.63, 3.8) is 0 Å². The van der Waals surface area contributed by atoms with Gasteiger partial charge in [-0.05, 0) is 52.7 Å². The van der Waals surface area contributed by atoms with Crippen LogP contribution in [0.4, 0.5) is 34.6 Å². The number of azo groups is 1. The molecule has 1 aromatic heterocycles. The quantitative estimate of drug-likeness (QED) is 0.0943. The lowest BCUT2D eigenvalue weighted by molar-refractivity contribution is 0.472. The molecule has 0 amide bonds. The Bertz CT molecular complexity index is 2450. The second-order valence-corrected chi connectivity index (χ2v) is 13.1. The molecule has 0 saturated carbocycles. The van der Waals surface area contributed by atoms with Crippen LogP contribution in [-0.4, -0.2) is 53.0 Å². The number of aromatic hydroxyl groups is 1. The SMILES string of the molecule is CN(c1ccccc1)c1nc(Cl)nc(Nc2cccc3cc(S(=O)(=O)O)c(N=Nc4ccc5ccccc5c4S(=O)(=O)O)c(O)c23)n1. The van der Waals surface area contributed by atoms with Crippen LogP contribution in [0.15, 0.2) is 111 Å². The maximum Gasteiger partial charge on any atom is 0.297 e. The normalized spacial score (nSPS) is 12.2. The van der Waals surface area contributed by atoms with E-state index in [9.17, 15) is 31.0 Å². The highest BCUT2D eigenvalue weighted by Crippen LogP contribution is 2.45. The molecule has 0 spiro atoms. The summed E-state index contributed by atoms with van der Waals surface area (Å²) < 4.78 is 69.7. The van der Waals surface area contributed by atoms with Crippen molar-refractivity contribution in [2.75, 3.05) is 17.3 Å². The summed E-state index contributed by atoms with van der Waals surface area (Å²) in [5.74, 6) is -0.569. The monoisotopic (exact) mass is 691 g/mol. The minimum Gasteiger partial charge on any atom is -0.505 e. The van der Waals surface area contributed by atoms with E-state index in [0.717, 1.165) is 11.8 Å². The van der Waals surface area contributed by atoms with Crippen LogP contribution in [0.5, 0.6) is 5.75 Å². The smallest absolute Gasteiger partial charge is 0.297 e. The second-order valence-electron chi connectivity index (χ2n) is 10.0. The maximum atomic E-state index is 12.4. The molecule has 238 valence electrons. The van der Waals surface area contributed by atoms with Gasteiger partial charge in [-0.15, -0.1) is 10.2 Å². The lowest BCUT2D eigenvalue weighted by Crippen LogP contribution is -2.14. The maximum absolute atomic E-state index is 12.4. The number of phenolic OH excluding ortho intramolecular Hbond substituents is 1. The van der Waals surface area contributed by atoms with E-state index >= 15 is 0 Å². The van der Waals surface area contributed by atoms with Gasteiger partial charge in [0, 0.05) is 23.5 Å². The van der Waals surface area contributed by atoms with Crippen molar-refractivity contribution in [1.82, 2.24) is 15.0 Å². The zero-order chi connectivity index (χ0) is 33.5. The molecule has 4 N–H and O–H groups in total. The zero-order valence-electron chi connectivity index (χ0n) is 24.0. The molecule has 47 heavy (non-hydrogen) atoms. The first-order chi connectivity index (χ1) is 22.3. The summed E-state index contributed by atoms with van der Waals surface area (Å²) >= 11 is 6.21. The highest BCUT2D eigenvalue weighted by atomic mass is 35.5. The van der Waals surface area contributed by atoms with Crippen LogP contribution in [-0.2, 0) is 20.2 Å². The Hall–Kier alpha value is -5.26. The van der Waals surface area contributed by atoms with Gasteiger partial charge in [0.2, 0.25) is 17.2 Å². The van der Waals surface area contributed by atoms with Crippen LogP contribution in [0.3, 0.4) is 0 Å². The van der Waals surface area contributed by atoms with Crippen LogP contribution < -0.4 is 10.2 Å². The van der Waals surface area contributed by atoms with E-state index in [2.05, 4.69) is 30.5 Å². The van der Waals surface area contributed by atoms with Crippen LogP contribution in [0.25, 0.3) is 21.5 Å². The molecular weight excluding hydrogens is 670 g/mol. The minimum absolute atomic E-state index is 0.0225. The molecule has 0 saturated heterocycles. The Balaban J connectivity index is 1.49. The topological polar surface area (TPSA) is 208 Å². The van der Waals surface area contributed by atoms with Crippen LogP contribution >= 0.6 is 11.6 Å². The van der Waals surface area contributed by atoms with Crippen molar-refractivity contribution in [3.05, 3.63) is 96.3 Å². The summed E-state index contributed by atoms with van der Waals surface area (Å²) in [6.07, 6.45) is 0. The van der Waals surface area contributed by atoms with E-state index in [0.29, 0.717) is 5.39 Å². The molecule has 0 atom stereocenters. The standard InChI is InChI=1S/C30H22ClN7O7S2/c1-38(19-10-3-2-4-11-19)30-34-28(31)33-29(35-30)32-21-13-7-9-18-16-23(46(40,41)42)25(26(39)24(18)21)37-36-22-15-14-17-8-5-6-12-20(17)27(22)47(43,44)45/h2-16,39H,1H3,(H,40,41,42)(H,43,44,45)(H,32,33,34,35). The summed E-state index contributed by atoms with van der Waals surface area (Å²) in [5, 5.41) is 22.8. The summed E-state index contributed by atoms with van der Waals surface area (Å²) in [6, 6.07) is 23.9. The Morgan fingerprint density at radius 3 is 2.21 bits per heavy atom. The van der Waals surface area contributed by atoms with Gasteiger partial charge in [-0.25, -0.2) is 0 Å². The number of halogens is 1. The lowest BCUT2D eigenvalue weighted by atomic mass is 10.1. The molecule has 0 unspecified atom stereocenters. The third kappa shape index (κ3) is 6.40. The Morgan fingerprint density at radius 2 is 1.49 bits per heavy atom. The number of benzene rings is 5. The first kappa shape index (κ1) is 31.7. The molecule has 14 nitrogen and oxygen atoms in total. The van der Waals surface area contributed by atoms with E-state index < -0.39 is 41.5 Å². The zero-order valence-corrected chi connectivity index (χ0v) is 26.4. The van der Waals surface area contributed by atoms with E-state index in [1.54, 1.807) is 36.2 Å². The molecule has 0 fully saturated rings. The van der Waals surface area contributed by atoms with Crippen molar-refractivity contribution in [2.45, 2.75) is 9.79 Å². The lowest BCUT2D eigenvalue weighted by Gasteiger charge is -2.18. The number of aromatic nitrogens is 3. The van der Waals surface area contributed by atoms with Crippen molar-refractivity contribution in [3.8, 4) is 5.75 Å². The molecule has 1 heterocycles.